The second kappa shape index (κ2) is 4.66. The Bertz CT molecular complexity index is 416. The van der Waals surface area contributed by atoms with Crippen molar-refractivity contribution in [3.63, 3.8) is 0 Å². The first kappa shape index (κ1) is 12.0. The Labute approximate surface area is 92.9 Å². The van der Waals surface area contributed by atoms with Crippen molar-refractivity contribution in [2.75, 3.05) is 0 Å². The van der Waals surface area contributed by atoms with E-state index in [1.54, 1.807) is 0 Å². The smallest absolute Gasteiger partial charge is 0.298 e. The van der Waals surface area contributed by atoms with Crippen molar-refractivity contribution in [3.05, 3.63) is 32.1 Å². The lowest BCUT2D eigenvalue weighted by Gasteiger charge is -2.15. The predicted molar refractivity (Wildman–Crippen MR) is 60.3 cm³/mol. The lowest BCUT2D eigenvalue weighted by Crippen LogP contribution is -2.36. The molecule has 4 nitrogen and oxygen atoms in total. The van der Waals surface area contributed by atoms with Crippen molar-refractivity contribution in [3.8, 4) is 0 Å². The normalized spacial score (nSPS) is 13.1. The molecule has 15 heavy (non-hydrogen) atoms. The molecule has 0 saturated carbocycles. The summed E-state index contributed by atoms with van der Waals surface area (Å²) in [6.45, 7) is 6.54. The van der Waals surface area contributed by atoms with Crippen molar-refractivity contribution in [1.29, 1.82) is 0 Å². The van der Waals surface area contributed by atoms with Crippen LogP contribution in [0.15, 0.2) is 15.7 Å². The third-order valence-corrected chi connectivity index (χ3v) is 2.80. The topological polar surface area (TPSA) is 54.9 Å². The number of nitrogens with one attached hydrogen (secondary N) is 1. The van der Waals surface area contributed by atoms with Crippen molar-refractivity contribution >= 4 is 11.6 Å². The van der Waals surface area contributed by atoms with Crippen LogP contribution < -0.4 is 11.2 Å². The molecular formula is C10H15ClN2O2. The Morgan fingerprint density at radius 1 is 1.40 bits per heavy atom. The van der Waals surface area contributed by atoms with Gasteiger partial charge in [-0.1, -0.05) is 32.4 Å². The lowest BCUT2D eigenvalue weighted by molar-refractivity contribution is 0.353. The molecule has 1 unspecified atom stereocenters. The van der Waals surface area contributed by atoms with Gasteiger partial charge in [0.05, 0.1) is 0 Å². The molecule has 0 aliphatic heterocycles. The van der Waals surface area contributed by atoms with E-state index in [0.717, 1.165) is 0 Å². The Kier molecular flexibility index (Phi) is 3.74. The summed E-state index contributed by atoms with van der Waals surface area (Å²) in [5.41, 5.74) is -0.795. The maximum atomic E-state index is 11.5. The zero-order valence-corrected chi connectivity index (χ0v) is 9.84. The van der Waals surface area contributed by atoms with Gasteiger partial charge in [-0.25, -0.2) is 4.79 Å². The minimum atomic E-state index is -0.444. The molecule has 1 rings (SSSR count). The van der Waals surface area contributed by atoms with Crippen LogP contribution in [-0.4, -0.2) is 9.55 Å². The summed E-state index contributed by atoms with van der Waals surface area (Å²) in [6.07, 6.45) is 0. The van der Waals surface area contributed by atoms with Gasteiger partial charge in [-0.15, -0.1) is 0 Å². The fraction of sp³-hybridized carbons (Fsp3) is 0.600. The molecule has 0 aliphatic carbocycles. The molecule has 1 heterocycles. The van der Waals surface area contributed by atoms with Crippen molar-refractivity contribution < 1.29 is 0 Å². The Morgan fingerprint density at radius 3 is 2.47 bits per heavy atom. The summed E-state index contributed by atoms with van der Waals surface area (Å²) in [5, 5.41) is 0.0819. The molecule has 0 saturated heterocycles. The van der Waals surface area contributed by atoms with Crippen LogP contribution in [0.4, 0.5) is 0 Å². The van der Waals surface area contributed by atoms with Crippen LogP contribution in [0.5, 0.6) is 0 Å². The number of hydrogen-bond acceptors (Lipinski definition) is 2. The first-order chi connectivity index (χ1) is 6.91. The summed E-state index contributed by atoms with van der Waals surface area (Å²) in [5.74, 6) is 0.692. The van der Waals surface area contributed by atoms with Crippen molar-refractivity contribution in [1.82, 2.24) is 9.55 Å². The van der Waals surface area contributed by atoms with E-state index in [9.17, 15) is 9.59 Å². The fourth-order valence-corrected chi connectivity index (χ4v) is 1.34. The summed E-state index contributed by atoms with van der Waals surface area (Å²) in [7, 11) is 0. The van der Waals surface area contributed by atoms with Crippen LogP contribution in [0.1, 0.15) is 20.8 Å². The van der Waals surface area contributed by atoms with E-state index >= 15 is 0 Å². The third-order valence-electron chi connectivity index (χ3n) is 2.60. The highest BCUT2D eigenvalue weighted by atomic mass is 35.5. The molecule has 0 amide bonds. The molecule has 0 aromatic carbocycles. The standard InChI is InChI=1S/C10H15ClN2O2/c1-6(2)7(3)5-13-9(14)4-8(11)12-10(13)15/h4,6-7H,5H2,1-3H3,(H,12,15). The van der Waals surface area contributed by atoms with Crippen LogP contribution >= 0.6 is 11.6 Å². The molecule has 0 bridgehead atoms. The fourth-order valence-electron chi connectivity index (χ4n) is 1.16. The molecule has 0 spiro atoms. The summed E-state index contributed by atoms with van der Waals surface area (Å²) in [6, 6.07) is 1.22. The molecule has 0 aliphatic rings. The van der Waals surface area contributed by atoms with E-state index in [0.29, 0.717) is 12.5 Å². The molecular weight excluding hydrogens is 216 g/mol. The van der Waals surface area contributed by atoms with Crippen molar-refractivity contribution in [2.45, 2.75) is 27.3 Å². The second-order valence-electron chi connectivity index (χ2n) is 4.09. The highest BCUT2D eigenvalue weighted by Crippen LogP contribution is 2.10. The van der Waals surface area contributed by atoms with E-state index in [-0.39, 0.29) is 16.6 Å². The molecule has 5 heteroatoms. The maximum Gasteiger partial charge on any atom is 0.329 e. The van der Waals surface area contributed by atoms with Crippen LogP contribution in [0.2, 0.25) is 5.15 Å². The van der Waals surface area contributed by atoms with Crippen molar-refractivity contribution in [2.24, 2.45) is 11.8 Å². The van der Waals surface area contributed by atoms with Crippen LogP contribution in [-0.2, 0) is 6.54 Å². The Morgan fingerprint density at radius 2 is 2.00 bits per heavy atom. The number of H-pyrrole nitrogens is 1. The average Bonchev–Trinajstić information content (AvgIpc) is 2.10. The first-order valence-corrected chi connectivity index (χ1v) is 5.29. The first-order valence-electron chi connectivity index (χ1n) is 4.91. The van der Waals surface area contributed by atoms with Crippen LogP contribution in [0.3, 0.4) is 0 Å². The lowest BCUT2D eigenvalue weighted by atomic mass is 9.98. The SMILES string of the molecule is CC(C)C(C)Cn1c(=O)cc(Cl)[nH]c1=O. The number of halogens is 1. The molecule has 84 valence electrons. The molecule has 0 radical (unpaired) electrons. The number of rotatable bonds is 3. The molecule has 1 N–H and O–H groups in total. The third kappa shape index (κ3) is 2.96. The Balaban J connectivity index is 3.06. The summed E-state index contributed by atoms with van der Waals surface area (Å²) in [4.78, 5) is 25.3. The summed E-state index contributed by atoms with van der Waals surface area (Å²) >= 11 is 5.55. The van der Waals surface area contributed by atoms with E-state index in [1.165, 1.54) is 10.6 Å². The monoisotopic (exact) mass is 230 g/mol. The van der Waals surface area contributed by atoms with Gasteiger partial charge < -0.3 is 0 Å². The average molecular weight is 231 g/mol. The van der Waals surface area contributed by atoms with Gasteiger partial charge in [0.2, 0.25) is 0 Å². The number of aromatic amines is 1. The van der Waals surface area contributed by atoms with E-state index in [4.69, 9.17) is 11.6 Å². The quantitative estimate of drug-likeness (QED) is 0.800. The van der Waals surface area contributed by atoms with Crippen LogP contribution in [0.25, 0.3) is 0 Å². The molecule has 1 aromatic heterocycles. The number of hydrogen-bond donors (Lipinski definition) is 1. The highest BCUT2D eigenvalue weighted by molar-refractivity contribution is 6.29. The van der Waals surface area contributed by atoms with Gasteiger partial charge in [-0.2, -0.15) is 0 Å². The minimum Gasteiger partial charge on any atom is -0.298 e. The van der Waals surface area contributed by atoms with E-state index in [1.807, 2.05) is 6.92 Å². The van der Waals surface area contributed by atoms with Crippen LogP contribution in [0, 0.1) is 11.8 Å². The minimum absolute atomic E-state index is 0.0819. The van der Waals surface area contributed by atoms with E-state index < -0.39 is 5.69 Å². The molecule has 1 aromatic rings. The molecule has 1 atom stereocenters. The van der Waals surface area contributed by atoms with E-state index in [2.05, 4.69) is 18.8 Å². The number of aromatic nitrogens is 2. The highest BCUT2D eigenvalue weighted by Gasteiger charge is 2.11. The van der Waals surface area contributed by atoms with Gasteiger partial charge in [-0.05, 0) is 11.8 Å². The Hall–Kier alpha value is -1.03. The largest absolute Gasteiger partial charge is 0.329 e. The number of nitrogens with zero attached hydrogens (tertiary/aromatic N) is 1. The van der Waals surface area contributed by atoms with Gasteiger partial charge in [0, 0.05) is 12.6 Å². The zero-order chi connectivity index (χ0) is 11.6. The van der Waals surface area contributed by atoms with Gasteiger partial charge in [0.15, 0.2) is 0 Å². The second-order valence-corrected chi connectivity index (χ2v) is 4.50. The van der Waals surface area contributed by atoms with Gasteiger partial charge in [0.1, 0.15) is 5.15 Å². The molecule has 0 fully saturated rings. The summed E-state index contributed by atoms with van der Waals surface area (Å²) < 4.78 is 1.18. The van der Waals surface area contributed by atoms with Gasteiger partial charge in [-0.3, -0.25) is 14.3 Å². The van der Waals surface area contributed by atoms with Gasteiger partial charge >= 0.3 is 5.69 Å². The maximum absolute atomic E-state index is 11.5. The van der Waals surface area contributed by atoms with Gasteiger partial charge in [0.25, 0.3) is 5.56 Å². The zero-order valence-electron chi connectivity index (χ0n) is 9.08. The predicted octanol–water partition coefficient (Wildman–Crippen LogP) is 1.48.